The molecule has 30 heavy (non-hydrogen) atoms. The van der Waals surface area contributed by atoms with Crippen LogP contribution in [0.2, 0.25) is 0 Å². The Kier molecular flexibility index (Phi) is 6.92. The van der Waals surface area contributed by atoms with Crippen LogP contribution in [-0.4, -0.2) is 47.0 Å². The van der Waals surface area contributed by atoms with Gasteiger partial charge in [-0.25, -0.2) is 9.97 Å². The predicted molar refractivity (Wildman–Crippen MR) is 122 cm³/mol. The summed E-state index contributed by atoms with van der Waals surface area (Å²) in [5.41, 5.74) is 8.71. The van der Waals surface area contributed by atoms with E-state index in [-0.39, 0.29) is 5.60 Å². The first kappa shape index (κ1) is 22.0. The zero-order valence-electron chi connectivity index (χ0n) is 18.6. The molecule has 7 heteroatoms. The lowest BCUT2D eigenvalue weighted by Crippen LogP contribution is -2.42. The molecular weight excluding hydrogens is 376 g/mol. The van der Waals surface area contributed by atoms with Gasteiger partial charge in [-0.3, -0.25) is 5.41 Å². The Morgan fingerprint density at radius 2 is 2.03 bits per heavy atom. The van der Waals surface area contributed by atoms with E-state index in [1.54, 1.807) is 6.33 Å². The van der Waals surface area contributed by atoms with Gasteiger partial charge in [-0.1, -0.05) is 20.8 Å². The van der Waals surface area contributed by atoms with Gasteiger partial charge in [-0.15, -0.1) is 0 Å². The molecule has 0 spiro atoms. The summed E-state index contributed by atoms with van der Waals surface area (Å²) in [6, 6.07) is 8.04. The maximum atomic E-state index is 6.51. The number of ether oxygens (including phenoxy) is 1. The second kappa shape index (κ2) is 9.43. The molecule has 0 bridgehead atoms. The number of benzene rings is 1. The molecule has 1 aliphatic rings. The van der Waals surface area contributed by atoms with Gasteiger partial charge in [0, 0.05) is 37.4 Å². The van der Waals surface area contributed by atoms with E-state index >= 15 is 0 Å². The summed E-state index contributed by atoms with van der Waals surface area (Å²) < 4.78 is 6.08. The Labute approximate surface area is 179 Å². The van der Waals surface area contributed by atoms with Gasteiger partial charge in [0.1, 0.15) is 29.2 Å². The maximum Gasteiger partial charge on any atom is 0.232 e. The highest BCUT2D eigenvalue weighted by Crippen LogP contribution is 2.40. The quantitative estimate of drug-likeness (QED) is 0.385. The molecular formula is C23H35N6O+. The van der Waals surface area contributed by atoms with Crippen molar-refractivity contribution in [3.8, 4) is 5.75 Å². The number of nitrogens with two attached hydrogens (primary N) is 2. The first-order chi connectivity index (χ1) is 14.3. The van der Waals surface area contributed by atoms with E-state index in [9.17, 15) is 0 Å². The summed E-state index contributed by atoms with van der Waals surface area (Å²) in [4.78, 5) is 11.2. The van der Waals surface area contributed by atoms with E-state index in [2.05, 4.69) is 47.9 Å². The van der Waals surface area contributed by atoms with Crippen LogP contribution < -0.4 is 26.1 Å². The fourth-order valence-electron chi connectivity index (χ4n) is 3.30. The molecule has 1 saturated carbocycles. The third kappa shape index (κ3) is 5.69. The second-order valence-electron chi connectivity index (χ2n) is 8.57. The fraction of sp³-hybridized carbons (Fsp3) is 0.522. The highest BCUT2D eigenvalue weighted by molar-refractivity contribution is 6.11. The monoisotopic (exact) mass is 411 g/mol. The van der Waals surface area contributed by atoms with Crippen LogP contribution in [0.1, 0.15) is 58.2 Å². The topological polar surface area (TPSA) is 102 Å². The molecule has 3 rings (SSSR count). The Morgan fingerprint density at radius 1 is 1.27 bits per heavy atom. The van der Waals surface area contributed by atoms with E-state index in [0.29, 0.717) is 23.1 Å². The molecule has 1 fully saturated rings. The number of hydrogen-bond acceptors (Lipinski definition) is 6. The standard InChI is InChI=1S/C23H34N6O/c1-5-11-29(12-10-26-16(2)3)21-14-20(27-15-28-21)22(25)18-13-17(6-7-19(18)24)30-23(4)8-9-23/h6-7,13-16,25-26H,5,8-12,24H2,1-4H3/p+1. The van der Waals surface area contributed by atoms with Crippen LogP contribution in [0.3, 0.4) is 0 Å². The first-order valence-corrected chi connectivity index (χ1v) is 10.8. The molecule has 1 aliphatic carbocycles. The molecule has 0 unspecified atom stereocenters. The molecule has 1 aromatic carbocycles. The summed E-state index contributed by atoms with van der Waals surface area (Å²) >= 11 is 0. The van der Waals surface area contributed by atoms with Crippen molar-refractivity contribution in [1.29, 1.82) is 0 Å². The van der Waals surface area contributed by atoms with Gasteiger partial charge in [0.25, 0.3) is 0 Å². The van der Waals surface area contributed by atoms with Crippen LogP contribution in [0.25, 0.3) is 0 Å². The van der Waals surface area contributed by atoms with E-state index in [4.69, 9.17) is 15.9 Å². The van der Waals surface area contributed by atoms with Crippen LogP contribution in [0, 0.1) is 0 Å². The molecule has 0 radical (unpaired) electrons. The van der Waals surface area contributed by atoms with Crippen LogP contribution in [0.5, 0.6) is 5.75 Å². The SMILES string of the molecule is CCCN(CCNC(C)C)c1cc(C(=[NH2+])c2cc(OC3(C)CC3)ccc2N)ncn1. The Bertz CT molecular complexity index is 878. The largest absolute Gasteiger partial charge is 0.488 e. The molecule has 0 atom stereocenters. The average molecular weight is 412 g/mol. The van der Waals surface area contributed by atoms with Crippen molar-refractivity contribution in [3.63, 3.8) is 0 Å². The Hall–Kier alpha value is -2.67. The van der Waals surface area contributed by atoms with Crippen molar-refractivity contribution in [2.24, 2.45) is 0 Å². The van der Waals surface area contributed by atoms with E-state index in [1.807, 2.05) is 24.3 Å². The van der Waals surface area contributed by atoms with Crippen LogP contribution >= 0.6 is 0 Å². The summed E-state index contributed by atoms with van der Waals surface area (Å²) in [7, 11) is 0. The zero-order valence-corrected chi connectivity index (χ0v) is 18.6. The number of hydrogen-bond donors (Lipinski definition) is 3. The summed E-state index contributed by atoms with van der Waals surface area (Å²) in [5.74, 6) is 1.65. The number of aromatic nitrogens is 2. The molecule has 0 saturated heterocycles. The zero-order chi connectivity index (χ0) is 21.7. The summed E-state index contributed by atoms with van der Waals surface area (Å²) in [6.45, 7) is 11.2. The van der Waals surface area contributed by atoms with E-state index in [0.717, 1.165) is 56.0 Å². The summed E-state index contributed by atoms with van der Waals surface area (Å²) in [6.07, 6.45) is 4.74. The lowest BCUT2D eigenvalue weighted by atomic mass is 10.0. The molecule has 0 aliphatic heterocycles. The minimum atomic E-state index is -0.0606. The lowest BCUT2D eigenvalue weighted by Gasteiger charge is -2.24. The van der Waals surface area contributed by atoms with Gasteiger partial charge in [-0.05, 0) is 44.4 Å². The first-order valence-electron chi connectivity index (χ1n) is 10.8. The minimum Gasteiger partial charge on any atom is -0.488 e. The van der Waals surface area contributed by atoms with Crippen molar-refractivity contribution in [1.82, 2.24) is 15.3 Å². The summed E-state index contributed by atoms with van der Waals surface area (Å²) in [5, 5.41) is 9.97. The molecule has 0 amide bonds. The highest BCUT2D eigenvalue weighted by Gasteiger charge is 2.40. The van der Waals surface area contributed by atoms with Gasteiger partial charge in [0.2, 0.25) is 5.71 Å². The Morgan fingerprint density at radius 3 is 2.70 bits per heavy atom. The number of nitrogens with one attached hydrogen (secondary N) is 1. The lowest BCUT2D eigenvalue weighted by molar-refractivity contribution is -0.111. The molecule has 1 aromatic heterocycles. The van der Waals surface area contributed by atoms with Gasteiger partial charge in [0.15, 0.2) is 0 Å². The highest BCUT2D eigenvalue weighted by atomic mass is 16.5. The van der Waals surface area contributed by atoms with Crippen LogP contribution in [-0.2, 0) is 0 Å². The third-order valence-corrected chi connectivity index (χ3v) is 5.31. The van der Waals surface area contributed by atoms with Crippen molar-refractivity contribution in [2.75, 3.05) is 30.3 Å². The average Bonchev–Trinajstić information content (AvgIpc) is 3.45. The van der Waals surface area contributed by atoms with Gasteiger partial charge >= 0.3 is 0 Å². The smallest absolute Gasteiger partial charge is 0.232 e. The predicted octanol–water partition coefficient (Wildman–Crippen LogP) is 1.80. The number of anilines is 2. The molecule has 5 N–H and O–H groups in total. The minimum absolute atomic E-state index is 0.0606. The normalized spacial score (nSPS) is 14.6. The maximum absolute atomic E-state index is 6.51. The number of nitrogens with zero attached hydrogens (tertiary/aromatic N) is 3. The van der Waals surface area contributed by atoms with Crippen molar-refractivity contribution < 1.29 is 10.1 Å². The van der Waals surface area contributed by atoms with Gasteiger partial charge < -0.3 is 20.7 Å². The second-order valence-corrected chi connectivity index (χ2v) is 8.57. The fourth-order valence-corrected chi connectivity index (χ4v) is 3.30. The molecule has 1 heterocycles. The van der Waals surface area contributed by atoms with Crippen molar-refractivity contribution in [2.45, 2.75) is 58.6 Å². The molecule has 2 aromatic rings. The van der Waals surface area contributed by atoms with E-state index < -0.39 is 0 Å². The number of nitrogen functional groups attached to an aromatic ring is 1. The van der Waals surface area contributed by atoms with Gasteiger partial charge in [-0.2, -0.15) is 0 Å². The van der Waals surface area contributed by atoms with Gasteiger partial charge in [0.05, 0.1) is 5.56 Å². The number of rotatable bonds is 11. The molecule has 162 valence electrons. The van der Waals surface area contributed by atoms with Crippen LogP contribution in [0.4, 0.5) is 11.5 Å². The molecule has 7 nitrogen and oxygen atoms in total. The van der Waals surface area contributed by atoms with E-state index in [1.165, 1.54) is 0 Å². The third-order valence-electron chi connectivity index (χ3n) is 5.31. The van der Waals surface area contributed by atoms with Crippen molar-refractivity contribution >= 4 is 17.2 Å². The van der Waals surface area contributed by atoms with Crippen molar-refractivity contribution in [3.05, 3.63) is 41.9 Å². The van der Waals surface area contributed by atoms with Crippen LogP contribution in [0.15, 0.2) is 30.6 Å². The Balaban J connectivity index is 1.80.